The van der Waals surface area contributed by atoms with Crippen LogP contribution in [0.3, 0.4) is 0 Å². The van der Waals surface area contributed by atoms with Gasteiger partial charge in [-0.05, 0) is 23.4 Å². The minimum atomic E-state index is -1.11. The van der Waals surface area contributed by atoms with Crippen LogP contribution in [0.2, 0.25) is 0 Å². The number of likely N-dealkylation sites (tertiary alicyclic amines) is 2. The van der Waals surface area contributed by atoms with Crippen molar-refractivity contribution in [1.29, 1.82) is 0 Å². The van der Waals surface area contributed by atoms with E-state index in [4.69, 9.17) is 4.74 Å². The van der Waals surface area contributed by atoms with E-state index in [1.807, 2.05) is 52.7 Å². The van der Waals surface area contributed by atoms with E-state index in [9.17, 15) is 19.5 Å². The van der Waals surface area contributed by atoms with Gasteiger partial charge in [-0.3, -0.25) is 9.69 Å². The van der Waals surface area contributed by atoms with E-state index in [2.05, 4.69) is 10.2 Å². The molecule has 2 fully saturated rings. The fourth-order valence-corrected chi connectivity index (χ4v) is 4.97. The van der Waals surface area contributed by atoms with Gasteiger partial charge in [0.1, 0.15) is 12.6 Å². The minimum absolute atomic E-state index is 0.0781. The number of hydrogen-bond donors (Lipinski definition) is 2. The first-order chi connectivity index (χ1) is 15.0. The minimum Gasteiger partial charge on any atom is -0.480 e. The monoisotopic (exact) mass is 443 g/mol. The number of ether oxygens (including phenoxy) is 1. The first-order valence-electron chi connectivity index (χ1n) is 10.3. The lowest BCUT2D eigenvalue weighted by Gasteiger charge is -2.35. The highest BCUT2D eigenvalue weighted by Gasteiger charge is 2.46. The summed E-state index contributed by atoms with van der Waals surface area (Å²) in [4.78, 5) is 41.4. The number of nitrogens with one attached hydrogen (secondary N) is 1. The molecule has 0 radical (unpaired) electrons. The van der Waals surface area contributed by atoms with Crippen LogP contribution in [0, 0.1) is 0 Å². The SMILES string of the molecule is O=C(N[C@@H](CN1C[C@H]2C[C@@H]1CN2C(=O)Cc1cccs1)C(=O)O)OCc1ccccc1. The van der Waals surface area contributed by atoms with Gasteiger partial charge < -0.3 is 20.1 Å². The molecule has 8 nitrogen and oxygen atoms in total. The van der Waals surface area contributed by atoms with E-state index in [1.54, 1.807) is 11.3 Å². The third kappa shape index (κ3) is 5.23. The number of thiophene rings is 1. The molecule has 0 saturated carbocycles. The maximum Gasteiger partial charge on any atom is 0.408 e. The lowest BCUT2D eigenvalue weighted by molar-refractivity contribution is -0.140. The number of rotatable bonds is 8. The third-order valence-corrected chi connectivity index (χ3v) is 6.68. The van der Waals surface area contributed by atoms with E-state index in [0.717, 1.165) is 16.9 Å². The Morgan fingerprint density at radius 3 is 2.58 bits per heavy atom. The van der Waals surface area contributed by atoms with Gasteiger partial charge in [0.05, 0.1) is 6.42 Å². The van der Waals surface area contributed by atoms with Gasteiger partial charge in [-0.25, -0.2) is 9.59 Å². The van der Waals surface area contributed by atoms with Crippen LogP contribution in [0.15, 0.2) is 47.8 Å². The number of aliphatic carboxylic acids is 1. The highest BCUT2D eigenvalue weighted by atomic mass is 32.1. The van der Waals surface area contributed by atoms with E-state index in [1.165, 1.54) is 0 Å². The molecular weight excluding hydrogens is 418 g/mol. The molecular formula is C22H25N3O5S. The third-order valence-electron chi connectivity index (χ3n) is 5.80. The van der Waals surface area contributed by atoms with E-state index in [-0.39, 0.29) is 31.1 Å². The zero-order valence-corrected chi connectivity index (χ0v) is 17.8. The van der Waals surface area contributed by atoms with Gasteiger partial charge in [-0.2, -0.15) is 0 Å². The molecule has 2 aliphatic rings. The van der Waals surface area contributed by atoms with Gasteiger partial charge in [0.2, 0.25) is 5.91 Å². The maximum absolute atomic E-state index is 12.6. The smallest absolute Gasteiger partial charge is 0.408 e. The molecule has 3 heterocycles. The number of nitrogens with zero attached hydrogens (tertiary/aromatic N) is 2. The summed E-state index contributed by atoms with van der Waals surface area (Å²) in [5, 5.41) is 14.0. The zero-order valence-electron chi connectivity index (χ0n) is 17.0. The topological polar surface area (TPSA) is 99.2 Å². The lowest BCUT2D eigenvalue weighted by Crippen LogP contribution is -2.54. The summed E-state index contributed by atoms with van der Waals surface area (Å²) >= 11 is 1.58. The molecule has 2 amide bonds. The van der Waals surface area contributed by atoms with Crippen LogP contribution in [-0.4, -0.2) is 70.6 Å². The molecule has 31 heavy (non-hydrogen) atoms. The quantitative estimate of drug-likeness (QED) is 0.647. The summed E-state index contributed by atoms with van der Waals surface area (Å²) < 4.78 is 5.15. The normalized spacial score (nSPS) is 21.1. The molecule has 2 aliphatic heterocycles. The Balaban J connectivity index is 1.26. The van der Waals surface area contributed by atoms with E-state index in [0.29, 0.717) is 19.5 Å². The maximum atomic E-state index is 12.6. The summed E-state index contributed by atoms with van der Waals surface area (Å²) in [6.07, 6.45) is 0.488. The Morgan fingerprint density at radius 2 is 1.94 bits per heavy atom. The summed E-state index contributed by atoms with van der Waals surface area (Å²) in [5.74, 6) is -0.989. The molecule has 0 aliphatic carbocycles. The molecule has 3 atom stereocenters. The summed E-state index contributed by atoms with van der Waals surface area (Å²) in [6.45, 7) is 1.48. The molecule has 2 saturated heterocycles. The number of carbonyl (C=O) groups excluding carboxylic acids is 2. The van der Waals surface area contributed by atoms with Crippen LogP contribution >= 0.6 is 11.3 Å². The Labute approximate surface area is 184 Å². The second-order valence-electron chi connectivity index (χ2n) is 7.90. The van der Waals surface area contributed by atoms with Gasteiger partial charge in [-0.1, -0.05) is 36.4 Å². The molecule has 0 unspecified atom stereocenters. The highest BCUT2D eigenvalue weighted by molar-refractivity contribution is 7.10. The predicted octanol–water partition coefficient (Wildman–Crippen LogP) is 1.96. The molecule has 164 valence electrons. The van der Waals surface area contributed by atoms with Crippen LogP contribution in [0.5, 0.6) is 0 Å². The predicted molar refractivity (Wildman–Crippen MR) is 115 cm³/mol. The van der Waals surface area contributed by atoms with Gasteiger partial charge in [-0.15, -0.1) is 11.3 Å². The first-order valence-corrected chi connectivity index (χ1v) is 11.1. The van der Waals surface area contributed by atoms with Gasteiger partial charge in [0, 0.05) is 36.6 Å². The van der Waals surface area contributed by atoms with Crippen molar-refractivity contribution < 1.29 is 24.2 Å². The number of hydrogen-bond acceptors (Lipinski definition) is 6. The van der Waals surface area contributed by atoms with Crippen LogP contribution in [-0.2, 0) is 27.4 Å². The Hall–Kier alpha value is -2.91. The second-order valence-corrected chi connectivity index (χ2v) is 8.93. The van der Waals surface area contributed by atoms with E-state index >= 15 is 0 Å². The number of carboxylic acid groups (broad SMARTS) is 1. The van der Waals surface area contributed by atoms with Crippen molar-refractivity contribution in [2.45, 2.75) is 37.6 Å². The van der Waals surface area contributed by atoms with Crippen molar-refractivity contribution in [1.82, 2.24) is 15.1 Å². The van der Waals surface area contributed by atoms with Crippen molar-refractivity contribution in [3.8, 4) is 0 Å². The molecule has 1 aromatic carbocycles. The second kappa shape index (κ2) is 9.49. The average molecular weight is 444 g/mol. The van der Waals surface area contributed by atoms with Crippen LogP contribution in [0.4, 0.5) is 4.79 Å². The fraction of sp³-hybridized carbons (Fsp3) is 0.409. The summed E-state index contributed by atoms with van der Waals surface area (Å²) in [5.41, 5.74) is 0.827. The molecule has 4 rings (SSSR count). The van der Waals surface area contributed by atoms with Crippen molar-refractivity contribution in [3.63, 3.8) is 0 Å². The number of piperazine rings is 1. The Bertz CT molecular complexity index is 920. The van der Waals surface area contributed by atoms with Gasteiger partial charge >= 0.3 is 12.1 Å². The van der Waals surface area contributed by atoms with Gasteiger partial charge in [0.25, 0.3) is 0 Å². The summed E-state index contributed by atoms with van der Waals surface area (Å²) in [6, 6.07) is 12.2. The van der Waals surface area contributed by atoms with Crippen molar-refractivity contribution in [3.05, 3.63) is 58.3 Å². The zero-order chi connectivity index (χ0) is 21.8. The van der Waals surface area contributed by atoms with Crippen LogP contribution < -0.4 is 5.32 Å². The highest BCUT2D eigenvalue weighted by Crippen LogP contribution is 2.31. The number of alkyl carbamates (subject to hydrolysis) is 1. The standard InChI is InChI=1S/C22H25N3O5S/c26-20(10-18-7-4-8-31-18)25-12-16-9-17(25)11-24(16)13-19(21(27)28)23-22(29)30-14-15-5-2-1-3-6-15/h1-8,16-17,19H,9-14H2,(H,23,29)(H,27,28)/t16-,17-,19+/m1/s1. The van der Waals surface area contributed by atoms with Crippen molar-refractivity contribution in [2.75, 3.05) is 19.6 Å². The molecule has 2 aromatic rings. The molecule has 2 bridgehead atoms. The van der Waals surface area contributed by atoms with Crippen molar-refractivity contribution in [2.24, 2.45) is 0 Å². The molecule has 9 heteroatoms. The lowest BCUT2D eigenvalue weighted by atomic mass is 10.2. The fourth-order valence-electron chi connectivity index (χ4n) is 4.27. The van der Waals surface area contributed by atoms with Crippen molar-refractivity contribution >= 4 is 29.3 Å². The number of carboxylic acids is 1. The Kier molecular flexibility index (Phi) is 6.53. The average Bonchev–Trinajstić information content (AvgIpc) is 3.50. The van der Waals surface area contributed by atoms with Gasteiger partial charge in [0.15, 0.2) is 0 Å². The molecule has 1 aromatic heterocycles. The number of fused-ring (bicyclic) bond motifs is 2. The number of carbonyl (C=O) groups is 3. The van der Waals surface area contributed by atoms with E-state index < -0.39 is 18.1 Å². The first kappa shape index (κ1) is 21.3. The number of benzene rings is 1. The number of amides is 2. The Morgan fingerprint density at radius 1 is 1.13 bits per heavy atom. The molecule has 0 spiro atoms. The summed E-state index contributed by atoms with van der Waals surface area (Å²) in [7, 11) is 0. The van der Waals surface area contributed by atoms with Crippen LogP contribution in [0.25, 0.3) is 0 Å². The molecule has 2 N–H and O–H groups in total. The largest absolute Gasteiger partial charge is 0.480 e. The van der Waals surface area contributed by atoms with Crippen LogP contribution in [0.1, 0.15) is 16.9 Å².